The fourth-order valence-corrected chi connectivity index (χ4v) is 16.0. The van der Waals surface area contributed by atoms with Crippen molar-refractivity contribution in [3.05, 3.63) is 294 Å². The van der Waals surface area contributed by atoms with Crippen LogP contribution < -0.4 is 41.4 Å². The van der Waals surface area contributed by atoms with Crippen LogP contribution >= 0.6 is 46.4 Å². The number of benzene rings is 9. The van der Waals surface area contributed by atoms with Crippen molar-refractivity contribution in [2.45, 2.75) is 153 Å². The van der Waals surface area contributed by atoms with E-state index < -0.39 is 160 Å². The molecule has 11 rings (SSSR count). The lowest BCUT2D eigenvalue weighted by Crippen LogP contribution is -2.45. The predicted molar refractivity (Wildman–Crippen MR) is 470 cm³/mol. The van der Waals surface area contributed by atoms with Gasteiger partial charge in [0.25, 0.3) is 0 Å². The van der Waals surface area contributed by atoms with E-state index in [1.807, 2.05) is 53.7 Å². The fourth-order valence-electron chi connectivity index (χ4n) is 15.3. The number of hydrogen-bond acceptors (Lipinski definition) is 22. The van der Waals surface area contributed by atoms with E-state index in [1.165, 1.54) is 118 Å². The fraction of sp³-hybridized carbons (Fsp3) is 0.316. The molecule has 0 spiro atoms. The van der Waals surface area contributed by atoms with Crippen LogP contribution in [-0.2, 0) is 87.8 Å². The quantitative estimate of drug-likeness (QED) is 0.0102. The highest BCUT2D eigenvalue weighted by Gasteiger charge is 2.63. The Morgan fingerprint density at radius 2 is 0.915 bits per heavy atom. The van der Waals surface area contributed by atoms with Gasteiger partial charge in [0.2, 0.25) is 24.9 Å². The maximum absolute atomic E-state index is 16.2. The summed E-state index contributed by atoms with van der Waals surface area (Å²) in [6.45, 7) is 11.4. The van der Waals surface area contributed by atoms with Gasteiger partial charge in [-0.25, -0.2) is 41.5 Å². The number of alkyl carbamates (subject to hydrolysis) is 2. The molecule has 26 nitrogen and oxygen atoms in total. The Hall–Kier alpha value is -12.8. The van der Waals surface area contributed by atoms with Crippen molar-refractivity contribution >= 4 is 112 Å². The third kappa shape index (κ3) is 25.2. The van der Waals surface area contributed by atoms with Gasteiger partial charge < -0.3 is 74.5 Å². The van der Waals surface area contributed by atoms with Crippen LogP contribution in [0.25, 0.3) is 0 Å². The molecule has 6 N–H and O–H groups in total. The Kier molecular flexibility index (Phi) is 33.8. The maximum Gasteiger partial charge on any atom is 0.410 e. The van der Waals surface area contributed by atoms with Gasteiger partial charge in [0, 0.05) is 58.4 Å². The molecule has 2 fully saturated rings. The second-order valence-corrected chi connectivity index (χ2v) is 34.2. The first-order valence-corrected chi connectivity index (χ1v) is 41.9. The summed E-state index contributed by atoms with van der Waals surface area (Å²) >= 11 is 24.8. The van der Waals surface area contributed by atoms with Crippen LogP contribution in [0.3, 0.4) is 0 Å². The summed E-state index contributed by atoms with van der Waals surface area (Å²) in [4.78, 5) is 118. The lowest BCUT2D eigenvalue weighted by molar-refractivity contribution is -0.149. The van der Waals surface area contributed by atoms with Crippen LogP contribution in [0.15, 0.2) is 200 Å². The molecule has 0 aliphatic carbocycles. The van der Waals surface area contributed by atoms with E-state index in [9.17, 15) is 53.7 Å². The van der Waals surface area contributed by atoms with E-state index in [0.29, 0.717) is 5.56 Å². The largest absolute Gasteiger partial charge is 0.495 e. The van der Waals surface area contributed by atoms with Gasteiger partial charge in [-0.2, -0.15) is 10.5 Å². The van der Waals surface area contributed by atoms with Crippen molar-refractivity contribution < 1.29 is 103 Å². The second kappa shape index (κ2) is 44.3. The standard InChI is InChI=1S/C53H52Cl2F2N4O10.C42H40Cl2F2N4O8/c1-31(71-51(66)60-41(50(65)69-29-33-15-10-7-11-16-33)23-24-44(62)68-28-32-13-8-6-9-14-32)70-49(64)34-19-22-40(42(25-34)67-5)59-48(63)47-45(36-17-12-18-38(55)46(36)57)53(30-58,43(61-47)27-52(2,3)4)37-21-20-35(54)26-39(37)56;1-41(2,3)19-33-42(22-47,28-15-14-26(43)18-30(28)45)35(27-11-8-12-29(44)36(27)46)37(50-33)38(52)49-31-16-13-25(17-32(31)55-4)39(53)57-23-58-40(54)48-20-34(51)56-21-24-9-6-5-7-10-24/h6-22,25-26,31,41,43,45,47,61H,23-24,27-29H2,1-5H3,(H,59,63)(H,60,66);5-18,33,35,37,50H,19-21,23H2,1-4H3,(H,48,54)(H,49,52)/t31?,41-,43-,45-,47+,53-;33-,35-,37+,42-/m00/s1. The minimum Gasteiger partial charge on any atom is -0.495 e. The summed E-state index contributed by atoms with van der Waals surface area (Å²) in [7, 11) is 2.57. The number of nitriles is 2. The highest BCUT2D eigenvalue weighted by Crippen LogP contribution is 2.55. The van der Waals surface area contributed by atoms with Crippen molar-refractivity contribution in [3.8, 4) is 23.6 Å². The Balaban J connectivity index is 0.000000274. The zero-order chi connectivity index (χ0) is 93.7. The number of nitrogens with one attached hydrogen (secondary N) is 6. The molecule has 9 aromatic carbocycles. The number of carbonyl (C=O) groups excluding carboxylic acids is 9. The van der Waals surface area contributed by atoms with Crippen LogP contribution in [0.2, 0.25) is 20.1 Å². The van der Waals surface area contributed by atoms with Gasteiger partial charge in [-0.3, -0.25) is 19.2 Å². The topological polar surface area (TPSA) is 356 Å². The van der Waals surface area contributed by atoms with Gasteiger partial charge in [0.15, 0.2) is 0 Å². The van der Waals surface area contributed by atoms with Crippen LogP contribution in [0.4, 0.5) is 38.5 Å². The highest BCUT2D eigenvalue weighted by molar-refractivity contribution is 6.31. The zero-order valence-electron chi connectivity index (χ0n) is 71.3. The Morgan fingerprint density at radius 3 is 1.33 bits per heavy atom. The van der Waals surface area contributed by atoms with E-state index in [2.05, 4.69) is 44.0 Å². The van der Waals surface area contributed by atoms with E-state index in [0.717, 1.165) is 23.3 Å². The lowest BCUT2D eigenvalue weighted by atomic mass is 9.62. The number of methoxy groups -OCH3 is 2. The highest BCUT2D eigenvalue weighted by atomic mass is 35.5. The molecule has 0 saturated carbocycles. The van der Waals surface area contributed by atoms with Crippen LogP contribution in [0.5, 0.6) is 11.5 Å². The molecule has 2 aliphatic heterocycles. The molecule has 4 amide bonds. The average Bonchev–Trinajstić information content (AvgIpc) is 1.57. The summed E-state index contributed by atoms with van der Waals surface area (Å²) in [5.41, 5.74) is -2.84. The van der Waals surface area contributed by atoms with E-state index in [1.54, 1.807) is 78.9 Å². The van der Waals surface area contributed by atoms with Crippen molar-refractivity contribution in [2.75, 3.05) is 38.2 Å². The summed E-state index contributed by atoms with van der Waals surface area (Å²) in [6, 6.07) is 49.4. The second-order valence-electron chi connectivity index (χ2n) is 32.5. The summed E-state index contributed by atoms with van der Waals surface area (Å²) in [5.74, 6) is -11.7. The van der Waals surface area contributed by atoms with E-state index in [-0.39, 0.29) is 122 Å². The lowest BCUT2D eigenvalue weighted by Gasteiger charge is -2.37. The molecule has 34 heteroatoms. The Bertz CT molecular complexity index is 5670. The van der Waals surface area contributed by atoms with Crippen molar-refractivity contribution in [1.82, 2.24) is 21.3 Å². The monoisotopic (exact) mass is 1850 g/mol. The van der Waals surface area contributed by atoms with Crippen molar-refractivity contribution in [3.63, 3.8) is 0 Å². The molecule has 1 unspecified atom stereocenters. The van der Waals surface area contributed by atoms with Crippen molar-refractivity contribution in [2.24, 2.45) is 10.8 Å². The molecular formula is C95H92Cl4F4N8O18. The minimum atomic E-state index is -1.88. The maximum atomic E-state index is 16.2. The number of amides is 4. The number of hydrogen-bond donors (Lipinski definition) is 6. The molecule has 676 valence electrons. The number of carbonyl (C=O) groups is 9. The minimum absolute atomic E-state index is 0.00706. The Labute approximate surface area is 761 Å². The number of esters is 5. The predicted octanol–water partition coefficient (Wildman–Crippen LogP) is 17.9. The molecule has 0 bridgehead atoms. The number of halogens is 8. The van der Waals surface area contributed by atoms with Crippen LogP contribution in [0.1, 0.15) is 146 Å². The number of ether oxygens (including phenoxy) is 9. The first-order chi connectivity index (χ1) is 61.4. The Morgan fingerprint density at radius 1 is 0.488 bits per heavy atom. The molecule has 10 atom stereocenters. The summed E-state index contributed by atoms with van der Waals surface area (Å²) in [6.07, 6.45) is -3.70. The smallest absolute Gasteiger partial charge is 0.410 e. The third-order valence-corrected chi connectivity index (χ3v) is 22.1. The molecule has 129 heavy (non-hydrogen) atoms. The normalized spacial score (nSPS) is 18.4. The molecule has 2 saturated heterocycles. The first kappa shape index (κ1) is 98.4. The van der Waals surface area contributed by atoms with Gasteiger partial charge in [0.1, 0.15) is 78.0 Å². The number of nitrogens with zero attached hydrogens (tertiary/aromatic N) is 2. The van der Waals surface area contributed by atoms with Crippen molar-refractivity contribution in [1.29, 1.82) is 10.5 Å². The molecular weight excluding hydrogens is 1760 g/mol. The zero-order valence-corrected chi connectivity index (χ0v) is 74.3. The molecule has 2 heterocycles. The van der Waals surface area contributed by atoms with Crippen LogP contribution in [-0.4, -0.2) is 118 Å². The summed E-state index contributed by atoms with van der Waals surface area (Å²) < 4.78 is 112. The molecule has 0 radical (unpaired) electrons. The number of rotatable bonds is 31. The van der Waals surface area contributed by atoms with Gasteiger partial charge in [-0.05, 0) is 131 Å². The first-order valence-electron chi connectivity index (χ1n) is 40.4. The SMILES string of the molecule is COc1cc(C(=O)OC(C)OC(=O)N[C@@H](CCC(=O)OCc2ccccc2)C(=O)OCc2ccccc2)ccc1NC(=O)[C@@H]1N[C@@H](CC(C)(C)C)[C@](C#N)(c2ccc(Cl)cc2F)[C@H]1c1cccc(Cl)c1F.COc1cc(C(=O)OCOC(=O)NCC(=O)OCc2ccccc2)ccc1NC(=O)[C@@H]1N[C@@H](CC(C)(C)C)[C@](C#N)(c2ccc(Cl)cc2F)[C@H]1c1cccc(Cl)c1F. The molecule has 2 aliphatic rings. The average molecular weight is 1850 g/mol. The van der Waals surface area contributed by atoms with Gasteiger partial charge in [-0.15, -0.1) is 0 Å². The van der Waals surface area contributed by atoms with Crippen LogP contribution in [0, 0.1) is 56.8 Å². The molecule has 9 aromatic rings. The third-order valence-electron chi connectivity index (χ3n) is 21.1. The number of anilines is 2. The van der Waals surface area contributed by atoms with Gasteiger partial charge in [-0.1, -0.05) is 215 Å². The summed E-state index contributed by atoms with van der Waals surface area (Å²) in [5, 5.41) is 38.5. The van der Waals surface area contributed by atoms with Gasteiger partial charge in [0.05, 0.1) is 71.0 Å². The van der Waals surface area contributed by atoms with E-state index >= 15 is 17.6 Å². The molecule has 0 aromatic heterocycles. The van der Waals surface area contributed by atoms with Gasteiger partial charge >= 0.3 is 42.0 Å². The van der Waals surface area contributed by atoms with E-state index in [4.69, 9.17) is 89.0 Å².